The molecule has 7 nitrogen and oxygen atoms in total. The summed E-state index contributed by atoms with van der Waals surface area (Å²) >= 11 is 0. The van der Waals surface area contributed by atoms with E-state index < -0.39 is 0 Å². The van der Waals surface area contributed by atoms with Crippen molar-refractivity contribution in [1.82, 2.24) is 4.90 Å². The van der Waals surface area contributed by atoms with Gasteiger partial charge in [0.1, 0.15) is 11.9 Å². The van der Waals surface area contributed by atoms with E-state index in [1.807, 2.05) is 37.3 Å². The Kier molecular flexibility index (Phi) is 8.39. The van der Waals surface area contributed by atoms with Crippen molar-refractivity contribution < 1.29 is 14.3 Å². The Morgan fingerprint density at radius 3 is 2.38 bits per heavy atom. The Labute approximate surface area is 189 Å². The Hall–Kier alpha value is -3.19. The predicted octanol–water partition coefficient (Wildman–Crippen LogP) is 3.71. The monoisotopic (exact) mass is 436 g/mol. The lowest BCUT2D eigenvalue weighted by atomic mass is 9.90. The third kappa shape index (κ3) is 6.40. The fourth-order valence-corrected chi connectivity index (χ4v) is 4.14. The van der Waals surface area contributed by atoms with Crippen LogP contribution in [0.2, 0.25) is 0 Å². The van der Waals surface area contributed by atoms with Gasteiger partial charge in [0, 0.05) is 17.7 Å². The first-order chi connectivity index (χ1) is 15.5. The van der Waals surface area contributed by atoms with Gasteiger partial charge in [-0.2, -0.15) is 0 Å². The number of likely N-dealkylation sites (tertiary alicyclic amines) is 1. The van der Waals surface area contributed by atoms with Gasteiger partial charge in [-0.3, -0.25) is 15.1 Å². The molecular formula is C25H32N4O3. The number of esters is 1. The molecule has 1 aliphatic rings. The molecule has 170 valence electrons. The van der Waals surface area contributed by atoms with E-state index in [4.69, 9.17) is 15.9 Å². The van der Waals surface area contributed by atoms with Crippen molar-refractivity contribution in [3.05, 3.63) is 65.7 Å². The molecule has 32 heavy (non-hydrogen) atoms. The van der Waals surface area contributed by atoms with Crippen LogP contribution in [0.4, 0.5) is 5.69 Å². The molecule has 0 saturated carbocycles. The zero-order valence-electron chi connectivity index (χ0n) is 18.5. The number of anilines is 1. The van der Waals surface area contributed by atoms with Crippen molar-refractivity contribution in [2.75, 3.05) is 25.0 Å². The van der Waals surface area contributed by atoms with Crippen LogP contribution >= 0.6 is 0 Å². The highest BCUT2D eigenvalue weighted by Crippen LogP contribution is 2.30. The van der Waals surface area contributed by atoms with Crippen LogP contribution in [-0.2, 0) is 14.3 Å². The van der Waals surface area contributed by atoms with Crippen LogP contribution in [0.5, 0.6) is 0 Å². The Morgan fingerprint density at radius 1 is 1.12 bits per heavy atom. The molecule has 0 spiro atoms. The van der Waals surface area contributed by atoms with E-state index in [1.165, 1.54) is 0 Å². The Balaban J connectivity index is 1.48. The number of ether oxygens (including phenoxy) is 1. The molecule has 1 heterocycles. The van der Waals surface area contributed by atoms with Crippen LogP contribution in [0.15, 0.2) is 54.6 Å². The SMILES string of the molecule is CCOC(=O)C(c1ccccc1)N1CCC(CCC(=O)Nc2ccc(C(=N)N)cc2)CC1. The second-order valence-electron chi connectivity index (χ2n) is 8.12. The van der Waals surface area contributed by atoms with Gasteiger partial charge in [0.2, 0.25) is 5.91 Å². The second-order valence-corrected chi connectivity index (χ2v) is 8.12. The number of nitrogen functional groups attached to an aromatic ring is 1. The number of nitrogens with two attached hydrogens (primary N) is 1. The minimum Gasteiger partial charge on any atom is -0.465 e. The largest absolute Gasteiger partial charge is 0.465 e. The number of rotatable bonds is 9. The van der Waals surface area contributed by atoms with Crippen LogP contribution < -0.4 is 11.1 Å². The lowest BCUT2D eigenvalue weighted by Gasteiger charge is -2.36. The zero-order chi connectivity index (χ0) is 22.9. The van der Waals surface area contributed by atoms with Crippen molar-refractivity contribution in [2.24, 2.45) is 11.7 Å². The van der Waals surface area contributed by atoms with Crippen molar-refractivity contribution in [2.45, 2.75) is 38.6 Å². The van der Waals surface area contributed by atoms with Gasteiger partial charge >= 0.3 is 5.97 Å². The highest BCUT2D eigenvalue weighted by Gasteiger charge is 2.32. The molecule has 1 fully saturated rings. The molecule has 1 amide bonds. The highest BCUT2D eigenvalue weighted by atomic mass is 16.5. The summed E-state index contributed by atoms with van der Waals surface area (Å²) in [5.41, 5.74) is 7.75. The van der Waals surface area contributed by atoms with Crippen LogP contribution in [0.25, 0.3) is 0 Å². The molecule has 1 unspecified atom stereocenters. The number of hydrogen-bond acceptors (Lipinski definition) is 5. The van der Waals surface area contributed by atoms with Crippen LogP contribution in [0, 0.1) is 11.3 Å². The number of hydrogen-bond donors (Lipinski definition) is 3. The van der Waals surface area contributed by atoms with E-state index in [1.54, 1.807) is 24.3 Å². The van der Waals surface area contributed by atoms with Crippen LogP contribution in [0.3, 0.4) is 0 Å². The summed E-state index contributed by atoms with van der Waals surface area (Å²) in [5, 5.41) is 10.3. The summed E-state index contributed by atoms with van der Waals surface area (Å²) in [6.07, 6.45) is 3.17. The minimum atomic E-state index is -0.377. The number of benzene rings is 2. The summed E-state index contributed by atoms with van der Waals surface area (Å²) in [7, 11) is 0. The molecule has 1 saturated heterocycles. The molecule has 2 aromatic rings. The number of nitrogens with zero attached hydrogens (tertiary/aromatic N) is 1. The van der Waals surface area contributed by atoms with Gasteiger partial charge in [-0.1, -0.05) is 30.3 Å². The second kappa shape index (κ2) is 11.4. The molecule has 0 bridgehead atoms. The van der Waals surface area contributed by atoms with E-state index in [0.717, 1.165) is 37.9 Å². The fraction of sp³-hybridized carbons (Fsp3) is 0.400. The number of nitrogens with one attached hydrogen (secondary N) is 2. The topological polar surface area (TPSA) is 109 Å². The molecule has 7 heteroatoms. The first kappa shape index (κ1) is 23.5. The first-order valence-electron chi connectivity index (χ1n) is 11.2. The van der Waals surface area contributed by atoms with Gasteiger partial charge in [0.05, 0.1) is 6.61 Å². The molecule has 1 aliphatic heterocycles. The number of piperidine rings is 1. The fourth-order valence-electron chi connectivity index (χ4n) is 4.14. The van der Waals surface area contributed by atoms with Gasteiger partial charge in [-0.15, -0.1) is 0 Å². The standard InChI is InChI=1S/C25H32N4O3/c1-2-32-25(31)23(19-6-4-3-5-7-19)29-16-14-18(15-17-29)8-13-22(30)28-21-11-9-20(10-12-21)24(26)27/h3-7,9-12,18,23H,2,8,13-17H2,1H3,(H3,26,27)(H,28,30). The molecule has 1 atom stereocenters. The van der Waals surface area contributed by atoms with Crippen molar-refractivity contribution in [1.29, 1.82) is 5.41 Å². The van der Waals surface area contributed by atoms with E-state index in [-0.39, 0.29) is 23.8 Å². The maximum Gasteiger partial charge on any atom is 0.327 e. The molecule has 4 N–H and O–H groups in total. The van der Waals surface area contributed by atoms with E-state index in [9.17, 15) is 9.59 Å². The first-order valence-corrected chi connectivity index (χ1v) is 11.2. The zero-order valence-corrected chi connectivity index (χ0v) is 18.5. The Morgan fingerprint density at radius 2 is 1.78 bits per heavy atom. The van der Waals surface area contributed by atoms with Gasteiger partial charge in [0.25, 0.3) is 0 Å². The van der Waals surface area contributed by atoms with Crippen molar-refractivity contribution in [3.8, 4) is 0 Å². The average molecular weight is 437 g/mol. The maximum absolute atomic E-state index is 12.6. The third-order valence-electron chi connectivity index (χ3n) is 5.90. The third-order valence-corrected chi connectivity index (χ3v) is 5.90. The summed E-state index contributed by atoms with van der Waals surface area (Å²) in [6.45, 7) is 3.80. The number of carbonyl (C=O) groups is 2. The molecule has 0 radical (unpaired) electrons. The summed E-state index contributed by atoms with van der Waals surface area (Å²) < 4.78 is 5.34. The quantitative estimate of drug-likeness (QED) is 0.315. The van der Waals surface area contributed by atoms with E-state index >= 15 is 0 Å². The van der Waals surface area contributed by atoms with Gasteiger partial charge in [-0.05, 0) is 75.0 Å². The molecule has 3 rings (SSSR count). The molecular weight excluding hydrogens is 404 g/mol. The number of amides is 1. The predicted molar refractivity (Wildman–Crippen MR) is 125 cm³/mol. The number of carbonyl (C=O) groups excluding carboxylic acids is 2. The summed E-state index contributed by atoms with van der Waals surface area (Å²) in [4.78, 5) is 27.2. The normalized spacial score (nSPS) is 15.7. The number of amidine groups is 1. The highest BCUT2D eigenvalue weighted by molar-refractivity contribution is 5.96. The van der Waals surface area contributed by atoms with E-state index in [0.29, 0.717) is 30.2 Å². The smallest absolute Gasteiger partial charge is 0.327 e. The van der Waals surface area contributed by atoms with Crippen molar-refractivity contribution in [3.63, 3.8) is 0 Å². The van der Waals surface area contributed by atoms with Gasteiger partial charge < -0.3 is 15.8 Å². The maximum atomic E-state index is 12.6. The minimum absolute atomic E-state index is 0.00618. The summed E-state index contributed by atoms with van der Waals surface area (Å²) in [6, 6.07) is 16.4. The van der Waals surface area contributed by atoms with E-state index in [2.05, 4.69) is 10.2 Å². The van der Waals surface area contributed by atoms with Crippen molar-refractivity contribution >= 4 is 23.4 Å². The van der Waals surface area contributed by atoms with Gasteiger partial charge in [-0.25, -0.2) is 4.79 Å². The summed E-state index contributed by atoms with van der Waals surface area (Å²) in [5.74, 6) is 0.242. The molecule has 2 aromatic carbocycles. The molecule has 0 aliphatic carbocycles. The Bertz CT molecular complexity index is 907. The molecule has 0 aromatic heterocycles. The van der Waals surface area contributed by atoms with Crippen LogP contribution in [-0.4, -0.2) is 42.3 Å². The van der Waals surface area contributed by atoms with Gasteiger partial charge in [0.15, 0.2) is 0 Å². The van der Waals surface area contributed by atoms with Crippen LogP contribution in [0.1, 0.15) is 49.8 Å². The lowest BCUT2D eigenvalue weighted by molar-refractivity contribution is -0.150. The average Bonchev–Trinajstić information content (AvgIpc) is 2.80. The lowest BCUT2D eigenvalue weighted by Crippen LogP contribution is -2.41.